The summed E-state index contributed by atoms with van der Waals surface area (Å²) in [5.74, 6) is 0.799. The standard InChI is InChI=1S/C23H41N3O4S2/c1-6-26(13-14-30-21-15-19(17-27)24-20(16-21)18-28)12-11-25(4)22(29)9-7-8-10-23(2,3)32-31-5/h15-16,27-28H,6-14,17-18H2,1-5H3. The molecule has 9 heteroatoms. The van der Waals surface area contributed by atoms with Crippen LogP contribution in [-0.2, 0) is 18.0 Å². The van der Waals surface area contributed by atoms with E-state index in [0.29, 0.717) is 36.7 Å². The second kappa shape index (κ2) is 15.8. The van der Waals surface area contributed by atoms with Crippen LogP contribution >= 0.6 is 21.6 Å². The Morgan fingerprint density at radius 2 is 1.78 bits per heavy atom. The number of ether oxygens (including phenoxy) is 1. The molecule has 0 aliphatic rings. The monoisotopic (exact) mass is 487 g/mol. The van der Waals surface area contributed by atoms with Gasteiger partial charge in [0, 0.05) is 50.0 Å². The first kappa shape index (κ1) is 29.0. The molecule has 1 aromatic heterocycles. The van der Waals surface area contributed by atoms with Gasteiger partial charge in [0.05, 0.1) is 24.6 Å². The van der Waals surface area contributed by atoms with E-state index in [1.165, 1.54) is 0 Å². The van der Waals surface area contributed by atoms with E-state index in [2.05, 4.69) is 36.9 Å². The zero-order valence-corrected chi connectivity index (χ0v) is 21.9. The third-order valence-corrected chi connectivity index (χ3v) is 7.93. The summed E-state index contributed by atoms with van der Waals surface area (Å²) in [7, 11) is 5.58. The summed E-state index contributed by atoms with van der Waals surface area (Å²) in [6, 6.07) is 3.37. The number of aliphatic hydroxyl groups excluding tert-OH is 2. The second-order valence-corrected chi connectivity index (χ2v) is 11.5. The SMILES string of the molecule is CCN(CCOc1cc(CO)nc(CO)c1)CCN(C)C(=O)CCCCC(C)(C)SSC. The van der Waals surface area contributed by atoms with Crippen LogP contribution in [0.2, 0.25) is 0 Å². The van der Waals surface area contributed by atoms with Crippen LogP contribution in [0.5, 0.6) is 5.75 Å². The predicted molar refractivity (Wildman–Crippen MR) is 135 cm³/mol. The van der Waals surface area contributed by atoms with Crippen molar-refractivity contribution in [2.75, 3.05) is 46.1 Å². The molecule has 0 bridgehead atoms. The van der Waals surface area contributed by atoms with Gasteiger partial charge in [-0.25, -0.2) is 0 Å². The van der Waals surface area contributed by atoms with E-state index in [4.69, 9.17) is 4.74 Å². The van der Waals surface area contributed by atoms with Crippen LogP contribution < -0.4 is 4.74 Å². The molecule has 1 heterocycles. The quantitative estimate of drug-likeness (QED) is 0.255. The zero-order chi connectivity index (χ0) is 24.0. The number of rotatable bonds is 17. The molecule has 0 atom stereocenters. The lowest BCUT2D eigenvalue weighted by molar-refractivity contribution is -0.130. The Labute approximate surface area is 201 Å². The molecule has 2 N–H and O–H groups in total. The van der Waals surface area contributed by atoms with Crippen LogP contribution in [-0.4, -0.2) is 81.7 Å². The maximum atomic E-state index is 12.4. The Morgan fingerprint density at radius 1 is 1.12 bits per heavy atom. The van der Waals surface area contributed by atoms with Gasteiger partial charge in [-0.05, 0) is 39.5 Å². The minimum atomic E-state index is -0.194. The van der Waals surface area contributed by atoms with Crippen molar-refractivity contribution in [2.24, 2.45) is 0 Å². The number of carbonyl (C=O) groups is 1. The fourth-order valence-electron chi connectivity index (χ4n) is 3.29. The van der Waals surface area contributed by atoms with Gasteiger partial charge in [-0.15, -0.1) is 0 Å². The Balaban J connectivity index is 2.33. The molecule has 0 saturated heterocycles. The molecule has 0 aliphatic carbocycles. The highest BCUT2D eigenvalue weighted by Crippen LogP contribution is 2.37. The van der Waals surface area contributed by atoms with E-state index in [9.17, 15) is 15.0 Å². The van der Waals surface area contributed by atoms with Gasteiger partial charge in [-0.2, -0.15) is 0 Å². The predicted octanol–water partition coefficient (Wildman–Crippen LogP) is 3.58. The fourth-order valence-corrected chi connectivity index (χ4v) is 5.57. The van der Waals surface area contributed by atoms with E-state index in [1.54, 1.807) is 22.9 Å². The van der Waals surface area contributed by atoms with Gasteiger partial charge in [-0.3, -0.25) is 14.7 Å². The van der Waals surface area contributed by atoms with Crippen molar-refractivity contribution in [1.29, 1.82) is 0 Å². The number of carbonyl (C=O) groups excluding carboxylic acids is 1. The van der Waals surface area contributed by atoms with E-state index in [-0.39, 0.29) is 23.9 Å². The molecule has 32 heavy (non-hydrogen) atoms. The van der Waals surface area contributed by atoms with Gasteiger partial charge < -0.3 is 19.8 Å². The largest absolute Gasteiger partial charge is 0.492 e. The molecule has 1 aromatic rings. The van der Waals surface area contributed by atoms with Crippen molar-refractivity contribution in [1.82, 2.24) is 14.8 Å². The third-order valence-electron chi connectivity index (χ3n) is 5.26. The number of unbranched alkanes of at least 4 members (excludes halogenated alkanes) is 1. The summed E-state index contributed by atoms with van der Waals surface area (Å²) in [4.78, 5) is 20.6. The fraction of sp³-hybridized carbons (Fsp3) is 0.739. The van der Waals surface area contributed by atoms with E-state index >= 15 is 0 Å². The number of aromatic nitrogens is 1. The minimum Gasteiger partial charge on any atom is -0.492 e. The van der Waals surface area contributed by atoms with Gasteiger partial charge in [-0.1, -0.05) is 34.9 Å². The summed E-state index contributed by atoms with van der Waals surface area (Å²) in [5.41, 5.74) is 0.955. The first-order valence-electron chi connectivity index (χ1n) is 11.3. The molecule has 0 fully saturated rings. The highest BCUT2D eigenvalue weighted by Gasteiger charge is 2.18. The lowest BCUT2D eigenvalue weighted by Crippen LogP contribution is -2.38. The lowest BCUT2D eigenvalue weighted by atomic mass is 10.0. The van der Waals surface area contributed by atoms with Crippen LogP contribution in [0.4, 0.5) is 0 Å². The van der Waals surface area contributed by atoms with Gasteiger partial charge in [0.25, 0.3) is 0 Å². The summed E-state index contributed by atoms with van der Waals surface area (Å²) >= 11 is 0. The zero-order valence-electron chi connectivity index (χ0n) is 20.3. The molecule has 0 unspecified atom stereocenters. The second-order valence-electron chi connectivity index (χ2n) is 8.42. The van der Waals surface area contributed by atoms with Crippen molar-refractivity contribution >= 4 is 27.5 Å². The van der Waals surface area contributed by atoms with Gasteiger partial charge in [0.2, 0.25) is 5.91 Å². The van der Waals surface area contributed by atoms with Gasteiger partial charge in [0.15, 0.2) is 0 Å². The maximum absolute atomic E-state index is 12.4. The molecule has 184 valence electrons. The highest BCUT2D eigenvalue weighted by molar-refractivity contribution is 8.76. The Kier molecular flexibility index (Phi) is 14.3. The summed E-state index contributed by atoms with van der Waals surface area (Å²) in [6.45, 7) is 9.79. The van der Waals surface area contributed by atoms with Crippen molar-refractivity contribution in [3.05, 3.63) is 23.5 Å². The summed E-state index contributed by atoms with van der Waals surface area (Å²) < 4.78 is 6.06. The number of hydrogen-bond acceptors (Lipinski definition) is 8. The van der Waals surface area contributed by atoms with Gasteiger partial charge in [0.1, 0.15) is 12.4 Å². The smallest absolute Gasteiger partial charge is 0.222 e. The minimum absolute atomic E-state index is 0.194. The summed E-state index contributed by atoms with van der Waals surface area (Å²) in [6.07, 6.45) is 5.84. The van der Waals surface area contributed by atoms with Crippen LogP contribution in [0.1, 0.15) is 57.8 Å². The van der Waals surface area contributed by atoms with Crippen molar-refractivity contribution in [3.63, 3.8) is 0 Å². The molecule has 7 nitrogen and oxygen atoms in total. The first-order chi connectivity index (χ1) is 15.2. The van der Waals surface area contributed by atoms with E-state index in [1.807, 2.05) is 22.7 Å². The first-order valence-corrected chi connectivity index (χ1v) is 13.8. The Hall–Kier alpha value is -1.00. The van der Waals surface area contributed by atoms with Crippen LogP contribution in [0.15, 0.2) is 12.1 Å². The van der Waals surface area contributed by atoms with Crippen LogP contribution in [0, 0.1) is 0 Å². The Morgan fingerprint density at radius 3 is 2.34 bits per heavy atom. The molecular formula is C23H41N3O4S2. The van der Waals surface area contributed by atoms with E-state index in [0.717, 1.165) is 38.9 Å². The molecule has 0 saturated carbocycles. The number of amides is 1. The van der Waals surface area contributed by atoms with Crippen molar-refractivity contribution in [2.45, 2.75) is 64.4 Å². The average Bonchev–Trinajstić information content (AvgIpc) is 2.78. The molecule has 0 aromatic carbocycles. The maximum Gasteiger partial charge on any atom is 0.222 e. The topological polar surface area (TPSA) is 86.1 Å². The number of aliphatic hydroxyl groups is 2. The van der Waals surface area contributed by atoms with Crippen LogP contribution in [0.25, 0.3) is 0 Å². The molecule has 0 radical (unpaired) electrons. The molecule has 1 rings (SSSR count). The molecular weight excluding hydrogens is 446 g/mol. The molecule has 0 spiro atoms. The number of hydrogen-bond donors (Lipinski definition) is 2. The molecule has 0 aliphatic heterocycles. The Bertz CT molecular complexity index is 654. The van der Waals surface area contributed by atoms with Crippen LogP contribution in [0.3, 0.4) is 0 Å². The normalized spacial score (nSPS) is 11.8. The van der Waals surface area contributed by atoms with E-state index < -0.39 is 0 Å². The van der Waals surface area contributed by atoms with Gasteiger partial charge >= 0.3 is 0 Å². The van der Waals surface area contributed by atoms with Crippen molar-refractivity contribution < 1.29 is 19.7 Å². The number of likely N-dealkylation sites (N-methyl/N-ethyl adjacent to an activating group) is 2. The average molecular weight is 488 g/mol. The highest BCUT2D eigenvalue weighted by atomic mass is 33.1. The number of pyridine rings is 1. The lowest BCUT2D eigenvalue weighted by Gasteiger charge is -2.25. The third kappa shape index (κ3) is 11.7. The number of nitrogens with zero attached hydrogens (tertiary/aromatic N) is 3. The molecule has 1 amide bonds. The summed E-state index contributed by atoms with van der Waals surface area (Å²) in [5, 5.41) is 18.6. The van der Waals surface area contributed by atoms with Crippen molar-refractivity contribution in [3.8, 4) is 5.75 Å².